The smallest absolute Gasteiger partial charge is 0.414 e. The number of rotatable bonds is 7. The summed E-state index contributed by atoms with van der Waals surface area (Å²) in [5.74, 6) is -1.34. The average Bonchev–Trinajstić information content (AvgIpc) is 2.26. The van der Waals surface area contributed by atoms with Crippen molar-refractivity contribution in [2.75, 3.05) is 11.5 Å². The maximum atomic E-state index is 11.5. The Morgan fingerprint density at radius 1 is 1.28 bits per heavy atom. The summed E-state index contributed by atoms with van der Waals surface area (Å²) in [6.07, 6.45) is -3.21. The van der Waals surface area contributed by atoms with Crippen molar-refractivity contribution in [3.63, 3.8) is 0 Å². The van der Waals surface area contributed by atoms with Gasteiger partial charge in [0.2, 0.25) is 0 Å². The van der Waals surface area contributed by atoms with Crippen molar-refractivity contribution in [3.8, 4) is 0 Å². The van der Waals surface area contributed by atoms with Gasteiger partial charge in [-0.25, -0.2) is 14.5 Å². The number of carboxylic acid groups (broad SMARTS) is 2. The number of thioether (sulfide) groups is 1. The minimum absolute atomic E-state index is 0.0125. The van der Waals surface area contributed by atoms with E-state index in [4.69, 9.17) is 15.3 Å². The van der Waals surface area contributed by atoms with E-state index in [0.29, 0.717) is 5.75 Å². The second-order valence-electron chi connectivity index (χ2n) is 3.51. The van der Waals surface area contributed by atoms with Gasteiger partial charge in [-0.2, -0.15) is 11.8 Å². The molecule has 0 saturated carbocycles. The molecule has 2 atom stereocenters. The first-order valence-electron chi connectivity index (χ1n) is 5.37. The Kier molecular flexibility index (Phi) is 7.37. The van der Waals surface area contributed by atoms with Crippen molar-refractivity contribution in [2.45, 2.75) is 32.4 Å². The Labute approximate surface area is 109 Å². The summed E-state index contributed by atoms with van der Waals surface area (Å²) in [6.45, 7) is 2.98. The normalized spacial score (nSPS) is 13.7. The van der Waals surface area contributed by atoms with E-state index in [2.05, 4.69) is 0 Å². The molecule has 0 fully saturated rings. The molecule has 3 N–H and O–H groups in total. The molecule has 0 aromatic rings. The number of aliphatic carboxylic acids is 1. The predicted molar refractivity (Wildman–Crippen MR) is 65.6 cm³/mol. The summed E-state index contributed by atoms with van der Waals surface area (Å²) in [7, 11) is 0. The molecule has 2 unspecified atom stereocenters. The fourth-order valence-corrected chi connectivity index (χ4v) is 1.96. The van der Waals surface area contributed by atoms with Gasteiger partial charge in [-0.3, -0.25) is 4.79 Å². The predicted octanol–water partition coefficient (Wildman–Crippen LogP) is 0.470. The molecule has 0 aromatic carbocycles. The van der Waals surface area contributed by atoms with E-state index in [1.54, 1.807) is 0 Å². The van der Waals surface area contributed by atoms with Crippen molar-refractivity contribution < 1.29 is 29.7 Å². The summed E-state index contributed by atoms with van der Waals surface area (Å²) in [4.78, 5) is 33.6. The number of imide groups is 1. The molecule has 0 rings (SSSR count). The lowest BCUT2D eigenvalue weighted by Crippen LogP contribution is -2.51. The van der Waals surface area contributed by atoms with Gasteiger partial charge < -0.3 is 15.3 Å². The Morgan fingerprint density at radius 3 is 2.17 bits per heavy atom. The quantitative estimate of drug-likeness (QED) is 0.580. The van der Waals surface area contributed by atoms with Crippen LogP contribution in [0.3, 0.4) is 0 Å². The molecule has 7 nitrogen and oxygen atoms in total. The van der Waals surface area contributed by atoms with Crippen LogP contribution in [0.2, 0.25) is 0 Å². The van der Waals surface area contributed by atoms with E-state index in [1.165, 1.54) is 11.8 Å². The van der Waals surface area contributed by atoms with Gasteiger partial charge in [-0.15, -0.1) is 0 Å². The zero-order chi connectivity index (χ0) is 14.3. The summed E-state index contributed by atoms with van der Waals surface area (Å²) in [5, 5.41) is 27.0. The van der Waals surface area contributed by atoms with Crippen molar-refractivity contribution in [1.82, 2.24) is 4.90 Å². The topological polar surface area (TPSA) is 115 Å². The van der Waals surface area contributed by atoms with Crippen LogP contribution in [0.25, 0.3) is 0 Å². The van der Waals surface area contributed by atoms with Crippen molar-refractivity contribution in [1.29, 1.82) is 0 Å². The average molecular weight is 279 g/mol. The molecule has 0 aliphatic carbocycles. The minimum Gasteiger partial charge on any atom is -0.480 e. The van der Waals surface area contributed by atoms with E-state index in [1.807, 2.05) is 6.92 Å². The largest absolute Gasteiger partial charge is 0.480 e. The SMILES string of the molecule is CCSCCC(C(=O)O)N(C(=O)O)C(=O)C(C)O. The molecule has 0 saturated heterocycles. The third-order valence-corrected chi connectivity index (χ3v) is 3.07. The van der Waals surface area contributed by atoms with Crippen LogP contribution in [-0.2, 0) is 9.59 Å². The second kappa shape index (κ2) is 7.93. The maximum Gasteiger partial charge on any atom is 0.414 e. The highest BCUT2D eigenvalue weighted by molar-refractivity contribution is 7.99. The highest BCUT2D eigenvalue weighted by atomic mass is 32.2. The van der Waals surface area contributed by atoms with Gasteiger partial charge in [-0.1, -0.05) is 6.92 Å². The molecule has 0 radical (unpaired) electrons. The number of nitrogens with zero attached hydrogens (tertiary/aromatic N) is 1. The highest BCUT2D eigenvalue weighted by Crippen LogP contribution is 2.12. The zero-order valence-corrected chi connectivity index (χ0v) is 11.0. The Bertz CT molecular complexity index is 319. The molecule has 0 aromatic heterocycles. The first-order valence-corrected chi connectivity index (χ1v) is 6.53. The Balaban J connectivity index is 4.94. The van der Waals surface area contributed by atoms with E-state index in [9.17, 15) is 14.4 Å². The van der Waals surface area contributed by atoms with Crippen LogP contribution in [0.1, 0.15) is 20.3 Å². The van der Waals surface area contributed by atoms with Crippen LogP contribution in [0.5, 0.6) is 0 Å². The number of carbonyl (C=O) groups excluding carboxylic acids is 1. The van der Waals surface area contributed by atoms with E-state index < -0.39 is 30.1 Å². The van der Waals surface area contributed by atoms with Crippen molar-refractivity contribution >= 4 is 29.7 Å². The van der Waals surface area contributed by atoms with E-state index in [-0.39, 0.29) is 11.3 Å². The summed E-state index contributed by atoms with van der Waals surface area (Å²) in [6, 6.07) is -1.47. The summed E-state index contributed by atoms with van der Waals surface area (Å²) in [5.41, 5.74) is 0. The van der Waals surface area contributed by atoms with Crippen LogP contribution in [0, 0.1) is 0 Å². The number of hydrogen-bond donors (Lipinski definition) is 3. The van der Waals surface area contributed by atoms with Crippen LogP contribution in [0.4, 0.5) is 4.79 Å². The summed E-state index contributed by atoms with van der Waals surface area (Å²) < 4.78 is 0. The lowest BCUT2D eigenvalue weighted by atomic mass is 10.2. The molecule has 0 aliphatic heterocycles. The van der Waals surface area contributed by atoms with Crippen molar-refractivity contribution in [3.05, 3.63) is 0 Å². The third kappa shape index (κ3) is 4.92. The highest BCUT2D eigenvalue weighted by Gasteiger charge is 2.36. The molecule has 0 bridgehead atoms. The fourth-order valence-electron chi connectivity index (χ4n) is 1.28. The lowest BCUT2D eigenvalue weighted by molar-refractivity contribution is -0.151. The van der Waals surface area contributed by atoms with Gasteiger partial charge in [-0.05, 0) is 24.9 Å². The van der Waals surface area contributed by atoms with Crippen LogP contribution < -0.4 is 0 Å². The molecular weight excluding hydrogens is 262 g/mol. The molecule has 0 aliphatic rings. The number of carbonyl (C=O) groups is 3. The number of aliphatic hydroxyl groups excluding tert-OH is 1. The number of amides is 2. The molecule has 8 heteroatoms. The van der Waals surface area contributed by atoms with E-state index in [0.717, 1.165) is 12.7 Å². The first kappa shape index (κ1) is 16.7. The third-order valence-electron chi connectivity index (χ3n) is 2.14. The van der Waals surface area contributed by atoms with Gasteiger partial charge in [0.05, 0.1) is 0 Å². The molecule has 0 heterocycles. The number of hydrogen-bond acceptors (Lipinski definition) is 5. The van der Waals surface area contributed by atoms with E-state index >= 15 is 0 Å². The van der Waals surface area contributed by atoms with Gasteiger partial charge in [0.1, 0.15) is 12.1 Å². The maximum absolute atomic E-state index is 11.5. The fraction of sp³-hybridized carbons (Fsp3) is 0.700. The molecule has 0 spiro atoms. The number of carboxylic acids is 1. The van der Waals surface area contributed by atoms with Gasteiger partial charge in [0, 0.05) is 0 Å². The van der Waals surface area contributed by atoms with Gasteiger partial charge >= 0.3 is 12.1 Å². The number of aliphatic hydroxyl groups is 1. The van der Waals surface area contributed by atoms with Gasteiger partial charge in [0.15, 0.2) is 0 Å². The van der Waals surface area contributed by atoms with Crippen LogP contribution in [0.15, 0.2) is 0 Å². The van der Waals surface area contributed by atoms with Crippen molar-refractivity contribution in [2.24, 2.45) is 0 Å². The minimum atomic E-state index is -1.67. The Morgan fingerprint density at radius 2 is 1.83 bits per heavy atom. The summed E-state index contributed by atoms with van der Waals surface area (Å²) >= 11 is 1.45. The second-order valence-corrected chi connectivity index (χ2v) is 4.90. The van der Waals surface area contributed by atoms with Gasteiger partial charge in [0.25, 0.3) is 5.91 Å². The monoisotopic (exact) mass is 279 g/mol. The lowest BCUT2D eigenvalue weighted by Gasteiger charge is -2.25. The standard InChI is InChI=1S/C10H17NO6S/c1-3-18-5-4-7(9(14)15)11(10(16)17)8(13)6(2)12/h6-7,12H,3-5H2,1-2H3,(H,14,15)(H,16,17). The first-order chi connectivity index (χ1) is 8.32. The molecular formula is C10H17NO6S. The molecule has 18 heavy (non-hydrogen) atoms. The van der Waals surface area contributed by atoms with Crippen LogP contribution in [-0.4, -0.2) is 61.8 Å². The molecule has 104 valence electrons. The zero-order valence-electron chi connectivity index (χ0n) is 10.2. The Hall–Kier alpha value is -1.28. The molecule has 2 amide bonds. The van der Waals surface area contributed by atoms with Crippen LogP contribution >= 0.6 is 11.8 Å².